The molecule has 22 heavy (non-hydrogen) atoms. The third-order valence-corrected chi connectivity index (χ3v) is 3.01. The fourth-order valence-electron chi connectivity index (χ4n) is 1.92. The first kappa shape index (κ1) is 13.8. The van der Waals surface area contributed by atoms with E-state index in [-0.39, 0.29) is 5.78 Å². The minimum absolute atomic E-state index is 0.186. The summed E-state index contributed by atoms with van der Waals surface area (Å²) in [5.74, 6) is -0.629. The Balaban J connectivity index is 1.80. The van der Waals surface area contributed by atoms with Gasteiger partial charge in [-0.2, -0.15) is 5.10 Å². The van der Waals surface area contributed by atoms with Crippen LogP contribution < -0.4 is 0 Å². The minimum atomic E-state index is -0.443. The molecule has 0 spiro atoms. The summed E-state index contributed by atoms with van der Waals surface area (Å²) in [4.78, 5) is 19.6. The van der Waals surface area contributed by atoms with Crippen LogP contribution in [0.3, 0.4) is 0 Å². The molecular formula is C16H11FN4O. The van der Waals surface area contributed by atoms with Crippen molar-refractivity contribution in [1.82, 2.24) is 19.7 Å². The van der Waals surface area contributed by atoms with Gasteiger partial charge in [-0.15, -0.1) is 0 Å². The molecule has 1 aromatic carbocycles. The molecule has 0 aliphatic heterocycles. The van der Waals surface area contributed by atoms with Crippen LogP contribution in [0.5, 0.6) is 0 Å². The number of hydrogen-bond acceptors (Lipinski definition) is 4. The highest BCUT2D eigenvalue weighted by molar-refractivity contribution is 6.06. The summed E-state index contributed by atoms with van der Waals surface area (Å²) in [5.41, 5.74) is 1.37. The summed E-state index contributed by atoms with van der Waals surface area (Å²) < 4.78 is 15.4. The van der Waals surface area contributed by atoms with E-state index in [1.807, 2.05) is 0 Å². The number of halogens is 1. The molecule has 5 nitrogen and oxygen atoms in total. The van der Waals surface area contributed by atoms with Crippen LogP contribution in [0, 0.1) is 5.82 Å². The average molecular weight is 294 g/mol. The van der Waals surface area contributed by atoms with E-state index in [1.54, 1.807) is 36.5 Å². The van der Waals surface area contributed by atoms with Crippen LogP contribution >= 0.6 is 0 Å². The van der Waals surface area contributed by atoms with E-state index in [9.17, 15) is 9.18 Å². The second-order valence-corrected chi connectivity index (χ2v) is 4.49. The van der Waals surface area contributed by atoms with Crippen LogP contribution in [0.25, 0.3) is 11.8 Å². The Kier molecular flexibility index (Phi) is 3.82. The molecule has 2 heterocycles. The number of pyridine rings is 1. The molecule has 0 unspecified atom stereocenters. The summed E-state index contributed by atoms with van der Waals surface area (Å²) >= 11 is 0. The summed E-state index contributed by atoms with van der Waals surface area (Å²) in [6.45, 7) is 0. The van der Waals surface area contributed by atoms with Crippen LogP contribution in [0.4, 0.5) is 4.39 Å². The van der Waals surface area contributed by atoms with E-state index in [4.69, 9.17) is 0 Å². The molecule has 0 atom stereocenters. The molecule has 0 N–H and O–H groups in total. The predicted octanol–water partition coefficient (Wildman–Crippen LogP) is 2.70. The molecule has 2 aromatic heterocycles. The van der Waals surface area contributed by atoms with E-state index in [0.29, 0.717) is 16.8 Å². The lowest BCUT2D eigenvalue weighted by Crippen LogP contribution is -1.98. The van der Waals surface area contributed by atoms with Crippen LogP contribution in [0.1, 0.15) is 15.9 Å². The summed E-state index contributed by atoms with van der Waals surface area (Å²) in [6.07, 6.45) is 8.78. The number of hydrogen-bond donors (Lipinski definition) is 0. The molecule has 0 radical (unpaired) electrons. The highest BCUT2D eigenvalue weighted by Crippen LogP contribution is 2.15. The molecule has 0 fully saturated rings. The van der Waals surface area contributed by atoms with Crippen molar-refractivity contribution in [2.45, 2.75) is 0 Å². The fraction of sp³-hybridized carbons (Fsp3) is 0. The Morgan fingerprint density at radius 3 is 2.82 bits per heavy atom. The first-order valence-electron chi connectivity index (χ1n) is 6.51. The molecule has 6 heteroatoms. The van der Waals surface area contributed by atoms with Crippen molar-refractivity contribution in [1.29, 1.82) is 0 Å². The van der Waals surface area contributed by atoms with Gasteiger partial charge < -0.3 is 0 Å². The zero-order valence-corrected chi connectivity index (χ0v) is 11.4. The monoisotopic (exact) mass is 294 g/mol. The van der Waals surface area contributed by atoms with Crippen LogP contribution in [-0.4, -0.2) is 25.5 Å². The topological polar surface area (TPSA) is 60.7 Å². The average Bonchev–Trinajstić information content (AvgIpc) is 3.07. The molecule has 0 amide bonds. The number of aromatic nitrogens is 4. The predicted molar refractivity (Wildman–Crippen MR) is 78.9 cm³/mol. The highest BCUT2D eigenvalue weighted by atomic mass is 19.1. The normalized spacial score (nSPS) is 11.0. The molecule has 0 bridgehead atoms. The Hall–Kier alpha value is -3.15. The number of carbonyl (C=O) groups is 1. The van der Waals surface area contributed by atoms with Gasteiger partial charge in [0.1, 0.15) is 24.2 Å². The molecule has 3 aromatic rings. The van der Waals surface area contributed by atoms with Crippen molar-refractivity contribution in [2.75, 3.05) is 0 Å². The van der Waals surface area contributed by atoms with Crippen LogP contribution in [0.2, 0.25) is 0 Å². The van der Waals surface area contributed by atoms with Gasteiger partial charge in [-0.25, -0.2) is 14.1 Å². The van der Waals surface area contributed by atoms with Gasteiger partial charge in [0.05, 0.1) is 0 Å². The molecule has 108 valence electrons. The molecule has 0 saturated heterocycles. The van der Waals surface area contributed by atoms with Crippen LogP contribution in [0.15, 0.2) is 61.5 Å². The Bertz CT molecular complexity index is 813. The number of carbonyl (C=O) groups excluding carboxylic acids is 1. The van der Waals surface area contributed by atoms with Crippen molar-refractivity contribution >= 4 is 11.9 Å². The largest absolute Gasteiger partial charge is 0.289 e. The van der Waals surface area contributed by atoms with Crippen molar-refractivity contribution in [2.24, 2.45) is 0 Å². The van der Waals surface area contributed by atoms with Crippen molar-refractivity contribution in [3.63, 3.8) is 0 Å². The third kappa shape index (κ3) is 2.95. The summed E-state index contributed by atoms with van der Waals surface area (Å²) in [5, 5.41) is 3.88. The van der Waals surface area contributed by atoms with E-state index in [0.717, 1.165) is 0 Å². The van der Waals surface area contributed by atoms with Crippen molar-refractivity contribution in [3.05, 3.63) is 78.4 Å². The van der Waals surface area contributed by atoms with E-state index in [2.05, 4.69) is 15.1 Å². The molecule has 0 aliphatic carbocycles. The SMILES string of the molecule is O=C(/C=C/c1ccc(-n2cncn2)c(F)c1)c1cccnc1. The lowest BCUT2D eigenvalue weighted by Gasteiger charge is -2.03. The van der Waals surface area contributed by atoms with E-state index in [1.165, 1.54) is 35.7 Å². The Labute approximate surface area is 125 Å². The second-order valence-electron chi connectivity index (χ2n) is 4.49. The van der Waals surface area contributed by atoms with Crippen molar-refractivity contribution in [3.8, 4) is 5.69 Å². The quantitative estimate of drug-likeness (QED) is 0.548. The molecule has 0 aliphatic rings. The zero-order valence-electron chi connectivity index (χ0n) is 11.4. The summed E-state index contributed by atoms with van der Waals surface area (Å²) in [6, 6.07) is 7.98. The lowest BCUT2D eigenvalue weighted by molar-refractivity contribution is 0.104. The second kappa shape index (κ2) is 6.09. The summed E-state index contributed by atoms with van der Waals surface area (Å²) in [7, 11) is 0. The zero-order chi connectivity index (χ0) is 15.4. The van der Waals surface area contributed by atoms with Crippen LogP contribution in [-0.2, 0) is 0 Å². The number of ketones is 1. The highest BCUT2D eigenvalue weighted by Gasteiger charge is 2.06. The maximum Gasteiger partial charge on any atom is 0.187 e. The van der Waals surface area contributed by atoms with E-state index >= 15 is 0 Å². The minimum Gasteiger partial charge on any atom is -0.289 e. The number of benzene rings is 1. The molecule has 3 rings (SSSR count). The first-order valence-corrected chi connectivity index (χ1v) is 6.51. The Morgan fingerprint density at radius 1 is 1.23 bits per heavy atom. The van der Waals surface area contributed by atoms with Gasteiger partial charge in [0, 0.05) is 18.0 Å². The lowest BCUT2D eigenvalue weighted by atomic mass is 10.1. The number of nitrogens with zero attached hydrogens (tertiary/aromatic N) is 4. The molecular weight excluding hydrogens is 283 g/mol. The first-order chi connectivity index (χ1) is 10.7. The maximum absolute atomic E-state index is 14.0. The third-order valence-electron chi connectivity index (χ3n) is 3.01. The van der Waals surface area contributed by atoms with Gasteiger partial charge in [0.15, 0.2) is 5.78 Å². The fourth-order valence-corrected chi connectivity index (χ4v) is 1.92. The van der Waals surface area contributed by atoms with Gasteiger partial charge in [-0.1, -0.05) is 12.1 Å². The van der Waals surface area contributed by atoms with Gasteiger partial charge >= 0.3 is 0 Å². The molecule has 0 saturated carbocycles. The maximum atomic E-state index is 14.0. The smallest absolute Gasteiger partial charge is 0.187 e. The van der Waals surface area contributed by atoms with Gasteiger partial charge in [-0.3, -0.25) is 9.78 Å². The van der Waals surface area contributed by atoms with E-state index < -0.39 is 5.82 Å². The Morgan fingerprint density at radius 2 is 2.14 bits per heavy atom. The van der Waals surface area contributed by atoms with Gasteiger partial charge in [0.25, 0.3) is 0 Å². The standard InChI is InChI=1S/C16H11FN4O/c17-14-8-12(3-5-15(14)21-11-19-10-20-21)4-6-16(22)13-2-1-7-18-9-13/h1-11H/b6-4+. The number of rotatable bonds is 4. The number of allylic oxidation sites excluding steroid dienone is 1. The van der Waals surface area contributed by atoms with Gasteiger partial charge in [0.2, 0.25) is 0 Å². The van der Waals surface area contributed by atoms with Gasteiger partial charge in [-0.05, 0) is 35.9 Å². The van der Waals surface area contributed by atoms with Crippen molar-refractivity contribution < 1.29 is 9.18 Å².